The zero-order valence-electron chi connectivity index (χ0n) is 22.5. The molecular weight excluding hydrogens is 528 g/mol. The molecule has 1 aromatic heterocycles. The van der Waals surface area contributed by atoms with Crippen LogP contribution in [-0.4, -0.2) is 82.5 Å². The average molecular weight is 561 g/mol. The summed E-state index contributed by atoms with van der Waals surface area (Å²) >= 11 is 5.94. The van der Waals surface area contributed by atoms with Crippen LogP contribution in [-0.2, 0) is 9.59 Å². The van der Waals surface area contributed by atoms with E-state index >= 15 is 0 Å². The lowest BCUT2D eigenvalue weighted by molar-refractivity contribution is -0.132. The number of phenolic OH excluding ortho intramolecular Hbond substituents is 1. The number of allylic oxidation sites excluding steroid dienone is 1. The van der Waals surface area contributed by atoms with Gasteiger partial charge in [-0.25, -0.2) is 9.97 Å². The van der Waals surface area contributed by atoms with Crippen molar-refractivity contribution in [1.82, 2.24) is 19.8 Å². The van der Waals surface area contributed by atoms with Crippen molar-refractivity contribution in [2.45, 2.75) is 13.3 Å². The second-order valence-corrected chi connectivity index (χ2v) is 10.8. The monoisotopic (exact) mass is 560 g/mol. The number of hydrogen-bond acceptors (Lipinski definition) is 7. The van der Waals surface area contributed by atoms with Crippen LogP contribution in [0.1, 0.15) is 18.9 Å². The molecule has 9 nitrogen and oxygen atoms in total. The largest absolute Gasteiger partial charge is 0.506 e. The summed E-state index contributed by atoms with van der Waals surface area (Å²) in [5.74, 6) is 0.441. The third kappa shape index (κ3) is 6.43. The Morgan fingerprint density at radius 1 is 1.05 bits per heavy atom. The number of aromatic hydroxyl groups is 1. The van der Waals surface area contributed by atoms with E-state index in [1.54, 1.807) is 18.5 Å². The molecule has 5 rings (SSSR count). The van der Waals surface area contributed by atoms with Gasteiger partial charge in [-0.15, -0.1) is 0 Å². The van der Waals surface area contributed by atoms with Gasteiger partial charge < -0.3 is 20.2 Å². The van der Waals surface area contributed by atoms with Gasteiger partial charge in [0.05, 0.1) is 17.5 Å². The number of benzene rings is 2. The molecule has 0 radical (unpaired) electrons. The lowest BCUT2D eigenvalue weighted by Gasteiger charge is -2.36. The van der Waals surface area contributed by atoms with E-state index in [0.717, 1.165) is 35.5 Å². The zero-order valence-corrected chi connectivity index (χ0v) is 23.3. The van der Waals surface area contributed by atoms with Crippen molar-refractivity contribution < 1.29 is 14.7 Å². The number of halogens is 1. The summed E-state index contributed by atoms with van der Waals surface area (Å²) in [7, 11) is 0. The summed E-state index contributed by atoms with van der Waals surface area (Å²) in [5.41, 5.74) is 4.47. The number of amides is 2. The van der Waals surface area contributed by atoms with Crippen LogP contribution < -0.4 is 10.2 Å². The predicted molar refractivity (Wildman–Crippen MR) is 157 cm³/mol. The number of nitrogens with zero attached hydrogens (tertiary/aromatic N) is 5. The Morgan fingerprint density at radius 2 is 1.75 bits per heavy atom. The highest BCUT2D eigenvalue weighted by Crippen LogP contribution is 2.27. The quantitative estimate of drug-likeness (QED) is 0.419. The Morgan fingerprint density at radius 3 is 2.40 bits per heavy atom. The van der Waals surface area contributed by atoms with Crippen molar-refractivity contribution >= 4 is 40.4 Å². The molecule has 2 aromatic carbocycles. The Labute approximate surface area is 239 Å². The third-order valence-corrected chi connectivity index (χ3v) is 7.79. The summed E-state index contributed by atoms with van der Waals surface area (Å²) in [5, 5.41) is 12.6. The van der Waals surface area contributed by atoms with Gasteiger partial charge in [-0.05, 0) is 67.9 Å². The normalized spacial score (nSPS) is 17.6. The first-order chi connectivity index (χ1) is 19.3. The number of anilines is 2. The minimum Gasteiger partial charge on any atom is -0.506 e. The molecule has 10 heteroatoms. The van der Waals surface area contributed by atoms with E-state index in [4.69, 9.17) is 11.6 Å². The Bertz CT molecular complexity index is 1390. The molecule has 3 heterocycles. The summed E-state index contributed by atoms with van der Waals surface area (Å²) < 4.78 is 0. The molecule has 3 aromatic rings. The molecule has 0 unspecified atom stereocenters. The molecule has 0 spiro atoms. The number of nitrogens with one attached hydrogen (secondary N) is 1. The summed E-state index contributed by atoms with van der Waals surface area (Å²) in [6.07, 6.45) is 4.28. The average Bonchev–Trinajstić information content (AvgIpc) is 3.44. The van der Waals surface area contributed by atoms with Crippen LogP contribution >= 0.6 is 11.6 Å². The van der Waals surface area contributed by atoms with Crippen molar-refractivity contribution in [3.8, 4) is 17.1 Å². The standard InChI is InChI=1S/C30H33ClN6O3/c1-20(2)23-16-32-29(33-17-23)21-3-6-25(7-4-21)36-11-13-37(14-12-36)28(39)19-35-10-9-22(18-35)30(40)34-24-5-8-27(38)26(31)15-24/h3-8,15-17,22,38H,1,9-14,18-19H2,2H3,(H,34,40)/t22-/m1/s1. The number of carbonyl (C=O) groups is 2. The Hall–Kier alpha value is -3.95. The fourth-order valence-corrected chi connectivity index (χ4v) is 5.22. The maximum atomic E-state index is 13.0. The highest BCUT2D eigenvalue weighted by Gasteiger charge is 2.31. The molecule has 0 bridgehead atoms. The van der Waals surface area contributed by atoms with Gasteiger partial charge >= 0.3 is 0 Å². The van der Waals surface area contributed by atoms with Gasteiger partial charge in [-0.3, -0.25) is 14.5 Å². The first-order valence-electron chi connectivity index (χ1n) is 13.4. The molecule has 0 saturated carbocycles. The topological polar surface area (TPSA) is 102 Å². The number of hydrogen-bond donors (Lipinski definition) is 2. The van der Waals surface area contributed by atoms with E-state index < -0.39 is 0 Å². The lowest BCUT2D eigenvalue weighted by atomic mass is 10.1. The number of likely N-dealkylation sites (tertiary alicyclic amines) is 1. The molecule has 2 amide bonds. The van der Waals surface area contributed by atoms with Crippen LogP contribution in [0.25, 0.3) is 17.0 Å². The Balaban J connectivity index is 1.07. The smallest absolute Gasteiger partial charge is 0.236 e. The molecule has 2 N–H and O–H groups in total. The van der Waals surface area contributed by atoms with Crippen molar-refractivity contribution in [2.24, 2.45) is 5.92 Å². The van der Waals surface area contributed by atoms with Gasteiger partial charge in [0.2, 0.25) is 11.8 Å². The molecule has 2 aliphatic rings. The van der Waals surface area contributed by atoms with Crippen LogP contribution in [0.3, 0.4) is 0 Å². The minimum atomic E-state index is -0.199. The van der Waals surface area contributed by atoms with Crippen molar-refractivity contribution in [1.29, 1.82) is 0 Å². The SMILES string of the molecule is C=C(C)c1cnc(-c2ccc(N3CCN(C(=O)CN4CC[C@@H](C(=O)Nc5ccc(O)c(Cl)c5)C4)CC3)cc2)nc1. The number of carbonyl (C=O) groups excluding carboxylic acids is 2. The molecular formula is C30H33ClN6O3. The maximum Gasteiger partial charge on any atom is 0.236 e. The van der Waals surface area contributed by atoms with Gasteiger partial charge in [0.25, 0.3) is 0 Å². The fourth-order valence-electron chi connectivity index (χ4n) is 5.04. The molecule has 1 atom stereocenters. The second kappa shape index (κ2) is 12.1. The van der Waals surface area contributed by atoms with E-state index in [0.29, 0.717) is 50.7 Å². The van der Waals surface area contributed by atoms with Crippen molar-refractivity contribution in [3.63, 3.8) is 0 Å². The van der Waals surface area contributed by atoms with E-state index in [9.17, 15) is 14.7 Å². The van der Waals surface area contributed by atoms with Gasteiger partial charge in [0.15, 0.2) is 5.82 Å². The minimum absolute atomic E-state index is 0.0279. The highest BCUT2D eigenvalue weighted by molar-refractivity contribution is 6.32. The van der Waals surface area contributed by atoms with Crippen LogP contribution in [0.15, 0.2) is 61.4 Å². The molecule has 208 valence electrons. The molecule has 2 saturated heterocycles. The highest BCUT2D eigenvalue weighted by atomic mass is 35.5. The first-order valence-corrected chi connectivity index (χ1v) is 13.8. The molecule has 2 fully saturated rings. The van der Waals surface area contributed by atoms with Crippen LogP contribution in [0, 0.1) is 5.92 Å². The third-order valence-electron chi connectivity index (χ3n) is 7.48. The first kappa shape index (κ1) is 27.6. The van der Waals surface area contributed by atoms with E-state index in [1.165, 1.54) is 12.1 Å². The molecule has 0 aliphatic carbocycles. The van der Waals surface area contributed by atoms with Crippen LogP contribution in [0.4, 0.5) is 11.4 Å². The number of rotatable bonds is 7. The summed E-state index contributed by atoms with van der Waals surface area (Å²) in [6, 6.07) is 12.8. The second-order valence-electron chi connectivity index (χ2n) is 10.4. The number of phenols is 1. The fraction of sp³-hybridized carbons (Fsp3) is 0.333. The van der Waals surface area contributed by atoms with Gasteiger partial charge in [-0.2, -0.15) is 0 Å². The summed E-state index contributed by atoms with van der Waals surface area (Å²) in [4.78, 5) is 40.9. The zero-order chi connectivity index (χ0) is 28.2. The van der Waals surface area contributed by atoms with Gasteiger partial charge in [0.1, 0.15) is 5.75 Å². The van der Waals surface area contributed by atoms with Crippen LogP contribution in [0.2, 0.25) is 5.02 Å². The summed E-state index contributed by atoms with van der Waals surface area (Å²) in [6.45, 7) is 10.2. The predicted octanol–water partition coefficient (Wildman–Crippen LogP) is 4.14. The van der Waals surface area contributed by atoms with Crippen molar-refractivity contribution in [3.05, 3.63) is 72.0 Å². The molecule has 2 aliphatic heterocycles. The Kier molecular flexibility index (Phi) is 8.32. The van der Waals surface area contributed by atoms with Crippen molar-refractivity contribution in [2.75, 3.05) is 56.0 Å². The van der Waals surface area contributed by atoms with Gasteiger partial charge in [0, 0.05) is 67.6 Å². The lowest BCUT2D eigenvalue weighted by Crippen LogP contribution is -2.51. The maximum absolute atomic E-state index is 13.0. The number of piperazine rings is 1. The molecule has 40 heavy (non-hydrogen) atoms. The van der Waals surface area contributed by atoms with E-state index in [2.05, 4.69) is 38.9 Å². The van der Waals surface area contributed by atoms with E-state index in [1.807, 2.05) is 28.9 Å². The van der Waals surface area contributed by atoms with Gasteiger partial charge in [-0.1, -0.05) is 18.2 Å². The van der Waals surface area contributed by atoms with Crippen LogP contribution in [0.5, 0.6) is 5.75 Å². The van der Waals surface area contributed by atoms with E-state index in [-0.39, 0.29) is 28.5 Å². The number of aromatic nitrogens is 2.